The van der Waals surface area contributed by atoms with E-state index in [4.69, 9.17) is 12.2 Å². The summed E-state index contributed by atoms with van der Waals surface area (Å²) in [4.78, 5) is 4.12. The predicted molar refractivity (Wildman–Crippen MR) is 87.2 cm³/mol. The molecule has 120 valence electrons. The third-order valence-electron chi connectivity index (χ3n) is 2.81. The molecule has 0 amide bonds. The number of anilines is 1. The first-order chi connectivity index (χ1) is 10.9. The highest BCUT2D eigenvalue weighted by Gasteiger charge is 2.30. The Morgan fingerprint density at radius 1 is 1.17 bits per heavy atom. The van der Waals surface area contributed by atoms with Crippen molar-refractivity contribution in [1.29, 1.82) is 0 Å². The van der Waals surface area contributed by atoms with E-state index in [1.807, 2.05) is 6.07 Å². The molecule has 0 fully saturated rings. The number of hydrogen-bond donors (Lipinski definition) is 2. The Morgan fingerprint density at radius 2 is 1.96 bits per heavy atom. The summed E-state index contributed by atoms with van der Waals surface area (Å²) in [5.74, 6) is 0. The lowest BCUT2D eigenvalue weighted by atomic mass is 10.2. The fourth-order valence-electron chi connectivity index (χ4n) is 1.70. The van der Waals surface area contributed by atoms with Gasteiger partial charge in [0.1, 0.15) is 0 Å². The molecule has 2 aromatic rings. The van der Waals surface area contributed by atoms with Crippen molar-refractivity contribution in [1.82, 2.24) is 10.4 Å². The highest BCUT2D eigenvalue weighted by atomic mass is 32.1. The number of hydrazone groups is 1. The number of thiocarbonyl (C=S) groups is 1. The van der Waals surface area contributed by atoms with Crippen molar-refractivity contribution < 1.29 is 13.2 Å². The van der Waals surface area contributed by atoms with E-state index < -0.39 is 11.7 Å². The summed E-state index contributed by atoms with van der Waals surface area (Å²) in [5, 5.41) is 6.78. The van der Waals surface area contributed by atoms with E-state index in [2.05, 4.69) is 20.8 Å². The lowest BCUT2D eigenvalue weighted by Crippen LogP contribution is -2.25. The zero-order valence-corrected chi connectivity index (χ0v) is 12.9. The maximum Gasteiger partial charge on any atom is 0.416 e. The minimum atomic E-state index is -4.40. The predicted octanol–water partition coefficient (Wildman–Crippen LogP) is 3.81. The van der Waals surface area contributed by atoms with Crippen molar-refractivity contribution in [2.45, 2.75) is 13.1 Å². The van der Waals surface area contributed by atoms with Crippen LogP contribution in [0.2, 0.25) is 0 Å². The van der Waals surface area contributed by atoms with Gasteiger partial charge in [-0.1, -0.05) is 12.1 Å². The molecule has 1 heterocycles. The number of alkyl halides is 3. The minimum Gasteiger partial charge on any atom is -0.331 e. The standard InChI is InChI=1S/C15H13F3N4S/c1-10(13-7-2-3-8-19-13)21-22-14(23)20-12-6-4-5-11(9-12)15(16,17)18/h2-9H,1H3,(H2,20,22,23). The van der Waals surface area contributed by atoms with Gasteiger partial charge in [-0.25, -0.2) is 0 Å². The summed E-state index contributed by atoms with van der Waals surface area (Å²) in [5.41, 5.74) is 3.31. The quantitative estimate of drug-likeness (QED) is 0.508. The van der Waals surface area contributed by atoms with Gasteiger partial charge in [-0.3, -0.25) is 10.4 Å². The van der Waals surface area contributed by atoms with Crippen molar-refractivity contribution in [3.63, 3.8) is 0 Å². The molecule has 23 heavy (non-hydrogen) atoms. The zero-order chi connectivity index (χ0) is 16.9. The number of halogens is 3. The Balaban J connectivity index is 2.00. The number of aromatic nitrogens is 1. The summed E-state index contributed by atoms with van der Waals surface area (Å²) < 4.78 is 37.9. The molecular formula is C15H13F3N4S. The molecule has 8 heteroatoms. The number of hydrogen-bond acceptors (Lipinski definition) is 3. The second-order valence-electron chi connectivity index (χ2n) is 4.56. The monoisotopic (exact) mass is 338 g/mol. The molecule has 0 aliphatic rings. The second-order valence-corrected chi connectivity index (χ2v) is 4.96. The van der Waals surface area contributed by atoms with E-state index in [-0.39, 0.29) is 10.8 Å². The molecule has 0 unspecified atom stereocenters. The van der Waals surface area contributed by atoms with E-state index in [1.54, 1.807) is 25.3 Å². The first-order valence-corrected chi connectivity index (χ1v) is 6.97. The highest BCUT2D eigenvalue weighted by Crippen LogP contribution is 2.30. The van der Waals surface area contributed by atoms with Crippen LogP contribution in [0.4, 0.5) is 18.9 Å². The van der Waals surface area contributed by atoms with Crippen LogP contribution in [-0.2, 0) is 6.18 Å². The van der Waals surface area contributed by atoms with Gasteiger partial charge < -0.3 is 5.32 Å². The van der Waals surface area contributed by atoms with E-state index in [9.17, 15) is 13.2 Å². The largest absolute Gasteiger partial charge is 0.416 e. The second kappa shape index (κ2) is 7.19. The lowest BCUT2D eigenvalue weighted by molar-refractivity contribution is -0.137. The molecule has 0 aliphatic heterocycles. The molecule has 0 radical (unpaired) electrons. The number of benzene rings is 1. The minimum absolute atomic E-state index is 0.0830. The van der Waals surface area contributed by atoms with Gasteiger partial charge in [0.25, 0.3) is 0 Å². The molecule has 1 aromatic heterocycles. The Hall–Kier alpha value is -2.48. The van der Waals surface area contributed by atoms with Crippen LogP contribution >= 0.6 is 12.2 Å². The maximum atomic E-state index is 12.6. The summed E-state index contributed by atoms with van der Waals surface area (Å²) in [6.45, 7) is 1.74. The zero-order valence-electron chi connectivity index (χ0n) is 12.1. The van der Waals surface area contributed by atoms with Crippen LogP contribution in [0.3, 0.4) is 0 Å². The van der Waals surface area contributed by atoms with Gasteiger partial charge in [0, 0.05) is 11.9 Å². The third-order valence-corrected chi connectivity index (χ3v) is 3.00. The van der Waals surface area contributed by atoms with Crippen molar-refractivity contribution in [3.8, 4) is 0 Å². The molecular weight excluding hydrogens is 325 g/mol. The lowest BCUT2D eigenvalue weighted by Gasteiger charge is -2.11. The fourth-order valence-corrected chi connectivity index (χ4v) is 1.86. The van der Waals surface area contributed by atoms with Crippen LogP contribution in [-0.4, -0.2) is 15.8 Å². The third kappa shape index (κ3) is 5.03. The summed E-state index contributed by atoms with van der Waals surface area (Å²) in [6.07, 6.45) is -2.77. The molecule has 0 aliphatic carbocycles. The average Bonchev–Trinajstić information content (AvgIpc) is 2.53. The fraction of sp³-hybridized carbons (Fsp3) is 0.133. The van der Waals surface area contributed by atoms with Gasteiger partial charge in [0.2, 0.25) is 0 Å². The molecule has 2 rings (SSSR count). The van der Waals surface area contributed by atoms with E-state index >= 15 is 0 Å². The van der Waals surface area contributed by atoms with Gasteiger partial charge >= 0.3 is 6.18 Å². The Bertz CT molecular complexity index is 714. The summed E-state index contributed by atoms with van der Waals surface area (Å²) in [6, 6.07) is 10.1. The van der Waals surface area contributed by atoms with Crippen molar-refractivity contribution in [2.75, 3.05) is 5.32 Å². The van der Waals surface area contributed by atoms with Crippen LogP contribution in [0.15, 0.2) is 53.8 Å². The normalized spacial score (nSPS) is 11.9. The molecule has 0 atom stereocenters. The molecule has 0 spiro atoms. The van der Waals surface area contributed by atoms with Crippen LogP contribution in [0.1, 0.15) is 18.2 Å². The van der Waals surface area contributed by atoms with Gasteiger partial charge in [-0.15, -0.1) is 0 Å². The van der Waals surface area contributed by atoms with Crippen LogP contribution < -0.4 is 10.7 Å². The van der Waals surface area contributed by atoms with Gasteiger partial charge in [-0.05, 0) is 49.5 Å². The molecule has 0 saturated carbocycles. The summed E-state index contributed by atoms with van der Waals surface area (Å²) >= 11 is 5.01. The number of pyridine rings is 1. The highest BCUT2D eigenvalue weighted by molar-refractivity contribution is 7.80. The Labute approximate surface area is 136 Å². The molecule has 0 saturated heterocycles. The van der Waals surface area contributed by atoms with Crippen LogP contribution in [0.25, 0.3) is 0 Å². The summed E-state index contributed by atoms with van der Waals surface area (Å²) in [7, 11) is 0. The SMILES string of the molecule is CC(=NNC(=S)Nc1cccc(C(F)(F)F)c1)c1ccccn1. The molecule has 2 N–H and O–H groups in total. The topological polar surface area (TPSA) is 49.3 Å². The van der Waals surface area contributed by atoms with E-state index in [0.29, 0.717) is 11.4 Å². The Morgan fingerprint density at radius 3 is 2.61 bits per heavy atom. The molecule has 1 aromatic carbocycles. The Kier molecular flexibility index (Phi) is 5.28. The van der Waals surface area contributed by atoms with E-state index in [1.165, 1.54) is 12.1 Å². The van der Waals surface area contributed by atoms with Gasteiger partial charge in [-0.2, -0.15) is 18.3 Å². The van der Waals surface area contributed by atoms with Crippen LogP contribution in [0, 0.1) is 0 Å². The van der Waals surface area contributed by atoms with Crippen molar-refractivity contribution in [3.05, 3.63) is 59.9 Å². The van der Waals surface area contributed by atoms with Gasteiger partial charge in [0.15, 0.2) is 5.11 Å². The first kappa shape index (κ1) is 16.9. The van der Waals surface area contributed by atoms with Crippen molar-refractivity contribution in [2.24, 2.45) is 5.10 Å². The molecule has 4 nitrogen and oxygen atoms in total. The maximum absolute atomic E-state index is 12.6. The van der Waals surface area contributed by atoms with Crippen LogP contribution in [0.5, 0.6) is 0 Å². The van der Waals surface area contributed by atoms with Crippen molar-refractivity contribution >= 4 is 28.7 Å². The number of nitrogens with zero attached hydrogens (tertiary/aromatic N) is 2. The average molecular weight is 338 g/mol. The number of rotatable bonds is 3. The smallest absolute Gasteiger partial charge is 0.331 e. The number of nitrogens with one attached hydrogen (secondary N) is 2. The first-order valence-electron chi connectivity index (χ1n) is 6.56. The van der Waals surface area contributed by atoms with E-state index in [0.717, 1.165) is 12.1 Å². The molecule has 0 bridgehead atoms. The van der Waals surface area contributed by atoms with Gasteiger partial charge in [0.05, 0.1) is 17.0 Å².